The SMILES string of the molecule is CN1C[C@H]2c3ccccc3CC[C@H]2CCC1=O. The Bertz CT molecular complexity index is 440. The number of carbonyl (C=O) groups excluding carboxylic acids is 1. The molecule has 0 unspecified atom stereocenters. The van der Waals surface area contributed by atoms with Gasteiger partial charge >= 0.3 is 0 Å². The lowest BCUT2D eigenvalue weighted by molar-refractivity contribution is -0.129. The first-order chi connectivity index (χ1) is 8.25. The van der Waals surface area contributed by atoms with Gasteiger partial charge in [-0.2, -0.15) is 0 Å². The Labute approximate surface area is 103 Å². The minimum absolute atomic E-state index is 0.317. The van der Waals surface area contributed by atoms with Crippen molar-refractivity contribution in [3.05, 3.63) is 35.4 Å². The zero-order valence-corrected chi connectivity index (χ0v) is 10.4. The number of rotatable bonds is 0. The van der Waals surface area contributed by atoms with Crippen molar-refractivity contribution in [1.29, 1.82) is 0 Å². The fourth-order valence-electron chi connectivity index (χ4n) is 3.41. The molecule has 90 valence electrons. The number of likely N-dealkylation sites (tertiary alicyclic amines) is 1. The topological polar surface area (TPSA) is 20.3 Å². The third kappa shape index (κ3) is 1.86. The third-order valence-corrected chi connectivity index (χ3v) is 4.43. The first-order valence-corrected chi connectivity index (χ1v) is 6.57. The van der Waals surface area contributed by atoms with Crippen LogP contribution in [0.1, 0.15) is 36.3 Å². The number of benzene rings is 1. The second-order valence-corrected chi connectivity index (χ2v) is 5.42. The molecule has 1 aromatic carbocycles. The number of hydrogen-bond acceptors (Lipinski definition) is 1. The molecule has 3 rings (SSSR count). The maximum atomic E-state index is 11.8. The molecule has 0 spiro atoms. The van der Waals surface area contributed by atoms with Gasteiger partial charge in [-0.25, -0.2) is 0 Å². The summed E-state index contributed by atoms with van der Waals surface area (Å²) in [6, 6.07) is 8.77. The molecule has 1 fully saturated rings. The van der Waals surface area contributed by atoms with Crippen molar-refractivity contribution >= 4 is 5.91 Å². The van der Waals surface area contributed by atoms with Crippen molar-refractivity contribution < 1.29 is 4.79 Å². The lowest BCUT2D eigenvalue weighted by Crippen LogP contribution is -2.31. The molecule has 2 heteroatoms. The van der Waals surface area contributed by atoms with Gasteiger partial charge in [0.05, 0.1) is 0 Å². The summed E-state index contributed by atoms with van der Waals surface area (Å²) >= 11 is 0. The van der Waals surface area contributed by atoms with E-state index in [2.05, 4.69) is 24.3 Å². The monoisotopic (exact) mass is 229 g/mol. The third-order valence-electron chi connectivity index (χ3n) is 4.43. The molecule has 0 saturated carbocycles. The van der Waals surface area contributed by atoms with Gasteiger partial charge in [0.25, 0.3) is 0 Å². The molecule has 0 N–H and O–H groups in total. The van der Waals surface area contributed by atoms with Crippen molar-refractivity contribution in [3.8, 4) is 0 Å². The second-order valence-electron chi connectivity index (χ2n) is 5.42. The lowest BCUT2D eigenvalue weighted by atomic mass is 9.74. The summed E-state index contributed by atoms with van der Waals surface area (Å²) < 4.78 is 0. The summed E-state index contributed by atoms with van der Waals surface area (Å²) in [5, 5.41) is 0. The van der Waals surface area contributed by atoms with E-state index in [-0.39, 0.29) is 0 Å². The maximum absolute atomic E-state index is 11.8. The standard InChI is InChI=1S/C15H19NO/c1-16-10-14-12(8-9-15(16)17)7-6-11-4-2-3-5-13(11)14/h2-5,12,14H,6-10H2,1H3/t12-,14+/m0/s1. The Morgan fingerprint density at radius 3 is 2.82 bits per heavy atom. The van der Waals surface area contributed by atoms with E-state index >= 15 is 0 Å². The van der Waals surface area contributed by atoms with Crippen LogP contribution in [-0.2, 0) is 11.2 Å². The van der Waals surface area contributed by atoms with E-state index in [4.69, 9.17) is 0 Å². The fraction of sp³-hybridized carbons (Fsp3) is 0.533. The summed E-state index contributed by atoms with van der Waals surface area (Å²) in [6.45, 7) is 0.903. The Morgan fingerprint density at radius 1 is 1.18 bits per heavy atom. The van der Waals surface area contributed by atoms with Crippen LogP contribution in [0.3, 0.4) is 0 Å². The molecule has 1 aliphatic heterocycles. The highest BCUT2D eigenvalue weighted by atomic mass is 16.2. The minimum atomic E-state index is 0.317. The van der Waals surface area contributed by atoms with Crippen LogP contribution in [0, 0.1) is 5.92 Å². The van der Waals surface area contributed by atoms with Gasteiger partial charge in [0.1, 0.15) is 0 Å². The van der Waals surface area contributed by atoms with Crippen molar-refractivity contribution in [2.75, 3.05) is 13.6 Å². The van der Waals surface area contributed by atoms with E-state index in [1.54, 1.807) is 0 Å². The molecule has 2 nitrogen and oxygen atoms in total. The summed E-state index contributed by atoms with van der Waals surface area (Å²) in [6.07, 6.45) is 4.25. The van der Waals surface area contributed by atoms with Crippen molar-refractivity contribution in [2.24, 2.45) is 5.92 Å². The second kappa shape index (κ2) is 4.17. The average molecular weight is 229 g/mol. The Kier molecular flexibility index (Phi) is 2.65. The number of nitrogens with zero attached hydrogens (tertiary/aromatic N) is 1. The lowest BCUT2D eigenvalue weighted by Gasteiger charge is -2.33. The highest BCUT2D eigenvalue weighted by Gasteiger charge is 2.33. The number of hydrogen-bond donors (Lipinski definition) is 0. The van der Waals surface area contributed by atoms with E-state index in [9.17, 15) is 4.79 Å². The number of amides is 1. The van der Waals surface area contributed by atoms with Crippen LogP contribution in [0.2, 0.25) is 0 Å². The summed E-state index contributed by atoms with van der Waals surface area (Å²) in [7, 11) is 1.95. The van der Waals surface area contributed by atoms with Gasteiger partial charge in [-0.15, -0.1) is 0 Å². The maximum Gasteiger partial charge on any atom is 0.222 e. The van der Waals surface area contributed by atoms with Gasteiger partial charge in [0.2, 0.25) is 5.91 Å². The Hall–Kier alpha value is -1.31. The molecule has 1 saturated heterocycles. The average Bonchev–Trinajstić information content (AvgIpc) is 2.50. The van der Waals surface area contributed by atoms with E-state index in [0.717, 1.165) is 19.4 Å². The Balaban J connectivity index is 1.97. The van der Waals surface area contributed by atoms with Gasteiger partial charge in [-0.05, 0) is 36.3 Å². The molecule has 0 radical (unpaired) electrons. The van der Waals surface area contributed by atoms with Gasteiger partial charge in [-0.1, -0.05) is 24.3 Å². The summed E-state index contributed by atoms with van der Waals surface area (Å²) in [5.41, 5.74) is 2.99. The number of aryl methyl sites for hydroxylation is 1. The van der Waals surface area contributed by atoms with Crippen molar-refractivity contribution in [3.63, 3.8) is 0 Å². The van der Waals surface area contributed by atoms with E-state index in [1.165, 1.54) is 24.0 Å². The van der Waals surface area contributed by atoms with Crippen LogP contribution in [0.15, 0.2) is 24.3 Å². The smallest absolute Gasteiger partial charge is 0.222 e. The number of carbonyl (C=O) groups is 1. The van der Waals surface area contributed by atoms with E-state index in [0.29, 0.717) is 17.7 Å². The Morgan fingerprint density at radius 2 is 1.94 bits per heavy atom. The van der Waals surface area contributed by atoms with E-state index in [1.807, 2.05) is 11.9 Å². The van der Waals surface area contributed by atoms with Crippen LogP contribution in [0.5, 0.6) is 0 Å². The molecule has 0 aromatic heterocycles. The molecule has 1 aliphatic carbocycles. The van der Waals surface area contributed by atoms with Crippen molar-refractivity contribution in [2.45, 2.75) is 31.6 Å². The zero-order chi connectivity index (χ0) is 11.8. The predicted octanol–water partition coefficient (Wildman–Crippen LogP) is 2.58. The minimum Gasteiger partial charge on any atom is -0.345 e. The molecule has 17 heavy (non-hydrogen) atoms. The highest BCUT2D eigenvalue weighted by Crippen LogP contribution is 2.40. The van der Waals surface area contributed by atoms with Gasteiger partial charge in [0.15, 0.2) is 0 Å². The molecule has 2 atom stereocenters. The molecule has 1 heterocycles. The quantitative estimate of drug-likeness (QED) is 0.669. The molecular formula is C15H19NO. The van der Waals surface area contributed by atoms with Crippen LogP contribution >= 0.6 is 0 Å². The van der Waals surface area contributed by atoms with Crippen LogP contribution in [-0.4, -0.2) is 24.4 Å². The van der Waals surface area contributed by atoms with Crippen LogP contribution in [0.4, 0.5) is 0 Å². The number of fused-ring (bicyclic) bond motifs is 3. The zero-order valence-electron chi connectivity index (χ0n) is 10.4. The highest BCUT2D eigenvalue weighted by molar-refractivity contribution is 5.76. The normalized spacial score (nSPS) is 28.3. The fourth-order valence-corrected chi connectivity index (χ4v) is 3.41. The van der Waals surface area contributed by atoms with E-state index < -0.39 is 0 Å². The molecule has 0 bridgehead atoms. The summed E-state index contributed by atoms with van der Waals surface area (Å²) in [5.74, 6) is 1.59. The molecule has 1 amide bonds. The van der Waals surface area contributed by atoms with Gasteiger partial charge < -0.3 is 4.90 Å². The van der Waals surface area contributed by atoms with Crippen LogP contribution < -0.4 is 0 Å². The predicted molar refractivity (Wildman–Crippen MR) is 67.9 cm³/mol. The van der Waals surface area contributed by atoms with Crippen molar-refractivity contribution in [1.82, 2.24) is 4.90 Å². The molecule has 1 aromatic rings. The first-order valence-electron chi connectivity index (χ1n) is 6.57. The van der Waals surface area contributed by atoms with Crippen LogP contribution in [0.25, 0.3) is 0 Å². The van der Waals surface area contributed by atoms with Gasteiger partial charge in [0, 0.05) is 25.9 Å². The first kappa shape index (κ1) is 10.8. The largest absolute Gasteiger partial charge is 0.345 e. The van der Waals surface area contributed by atoms with Gasteiger partial charge in [-0.3, -0.25) is 4.79 Å². The summed E-state index contributed by atoms with van der Waals surface area (Å²) in [4.78, 5) is 13.7. The molecule has 2 aliphatic rings. The number of likely N-dealkylation sites (N-methyl/N-ethyl adjacent to an activating group) is 1. The molecular weight excluding hydrogens is 210 g/mol.